The van der Waals surface area contributed by atoms with Gasteiger partial charge in [0, 0.05) is 31.9 Å². The number of benzene rings is 2. The minimum absolute atomic E-state index is 0.0914. The highest BCUT2D eigenvalue weighted by Crippen LogP contribution is 2.30. The van der Waals surface area contributed by atoms with Crippen molar-refractivity contribution in [3.63, 3.8) is 0 Å². The lowest BCUT2D eigenvalue weighted by atomic mass is 10.1. The molecule has 45 heavy (non-hydrogen) atoms. The van der Waals surface area contributed by atoms with Gasteiger partial charge in [-0.3, -0.25) is 19.4 Å². The Morgan fingerprint density at radius 3 is 1.62 bits per heavy atom. The Bertz CT molecular complexity index is 2010. The number of pyridine rings is 2. The summed E-state index contributed by atoms with van der Waals surface area (Å²) in [6, 6.07) is 20.8. The predicted molar refractivity (Wildman–Crippen MR) is 168 cm³/mol. The molecule has 6 rings (SSSR count). The maximum absolute atomic E-state index is 12.6. The Morgan fingerprint density at radius 1 is 0.667 bits per heavy atom. The third kappa shape index (κ3) is 6.27. The van der Waals surface area contributed by atoms with Crippen molar-refractivity contribution in [1.29, 1.82) is 0 Å². The predicted octanol–water partition coefficient (Wildman–Crippen LogP) is 4.33. The summed E-state index contributed by atoms with van der Waals surface area (Å²) >= 11 is 0. The summed E-state index contributed by atoms with van der Waals surface area (Å²) in [7, 11) is 4.65. The van der Waals surface area contributed by atoms with Crippen molar-refractivity contribution >= 4 is 45.3 Å². The first-order chi connectivity index (χ1) is 21.7. The lowest BCUT2D eigenvalue weighted by Gasteiger charge is -2.16. The molecule has 4 aromatic heterocycles. The van der Waals surface area contributed by atoms with Crippen molar-refractivity contribution < 1.29 is 24.5 Å². The average molecular weight is 605 g/mol. The number of hydrogen-bond donors (Lipinski definition) is 2. The Balaban J connectivity index is 0.000000178. The molecule has 13 heteroatoms. The van der Waals surface area contributed by atoms with Crippen molar-refractivity contribution in [2.45, 2.75) is 6.92 Å². The summed E-state index contributed by atoms with van der Waals surface area (Å²) in [5.41, 5.74) is 1.75. The van der Waals surface area contributed by atoms with E-state index < -0.39 is 11.8 Å². The van der Waals surface area contributed by atoms with Crippen LogP contribution in [-0.4, -0.2) is 73.6 Å². The molecule has 4 heterocycles. The number of methoxy groups -OCH3 is 1. The molecular weight excluding hydrogens is 576 g/mol. The third-order valence-corrected chi connectivity index (χ3v) is 6.83. The molecule has 0 spiro atoms. The van der Waals surface area contributed by atoms with Crippen molar-refractivity contribution in [2.75, 3.05) is 31.0 Å². The van der Waals surface area contributed by atoms with E-state index in [9.17, 15) is 19.8 Å². The molecule has 0 aliphatic carbocycles. The Morgan fingerprint density at radius 2 is 1.16 bits per heavy atom. The van der Waals surface area contributed by atoms with Crippen molar-refractivity contribution in [3.05, 3.63) is 102 Å². The number of amides is 2. The molecule has 6 aromatic rings. The molecule has 0 fully saturated rings. The van der Waals surface area contributed by atoms with Gasteiger partial charge in [-0.05, 0) is 61.5 Å². The first kappa shape index (κ1) is 30.2. The Labute approximate surface area is 257 Å². The number of hydrogen-bond acceptors (Lipinski definition) is 11. The van der Waals surface area contributed by atoms with Gasteiger partial charge in [0.1, 0.15) is 17.4 Å². The van der Waals surface area contributed by atoms with Gasteiger partial charge in [-0.15, -0.1) is 20.4 Å². The molecule has 2 N–H and O–H groups in total. The van der Waals surface area contributed by atoms with E-state index in [0.29, 0.717) is 39.2 Å². The lowest BCUT2D eigenvalue weighted by molar-refractivity contribution is 0.0976. The summed E-state index contributed by atoms with van der Waals surface area (Å²) in [6.07, 6.45) is 3.17. The largest absolute Gasteiger partial charge is 0.505 e. The number of carbonyl (C=O) groups excluding carboxylic acids is 2. The molecule has 0 atom stereocenters. The van der Waals surface area contributed by atoms with Crippen molar-refractivity contribution in [2.24, 2.45) is 0 Å². The number of aromatic hydroxyl groups is 2. The molecule has 0 bridgehead atoms. The van der Waals surface area contributed by atoms with Gasteiger partial charge in [-0.1, -0.05) is 23.8 Å². The zero-order valence-corrected chi connectivity index (χ0v) is 24.8. The van der Waals surface area contributed by atoms with Gasteiger partial charge in [0.15, 0.2) is 22.9 Å². The van der Waals surface area contributed by atoms with E-state index in [1.807, 2.05) is 13.0 Å². The first-order valence-corrected chi connectivity index (χ1v) is 13.6. The van der Waals surface area contributed by atoms with E-state index in [-0.39, 0.29) is 22.9 Å². The Hall–Kier alpha value is -6.24. The minimum atomic E-state index is -0.501. The van der Waals surface area contributed by atoms with Crippen LogP contribution < -0.4 is 14.5 Å². The summed E-state index contributed by atoms with van der Waals surface area (Å²) in [4.78, 5) is 35.9. The fourth-order valence-electron chi connectivity index (χ4n) is 4.32. The highest BCUT2D eigenvalue weighted by Gasteiger charge is 2.23. The molecule has 2 aromatic carbocycles. The van der Waals surface area contributed by atoms with E-state index in [0.717, 1.165) is 5.56 Å². The second kappa shape index (κ2) is 13.0. The maximum Gasteiger partial charge on any atom is 0.283 e. The summed E-state index contributed by atoms with van der Waals surface area (Å²) in [5.74, 6) is 0.105. The SMILES string of the molecule is COc1ccc2nnc(C(=O)N(C)c3ccccn3)c(O)c2c1.Cc1ccc2nnc(C(=O)N(C)c3ccccn3)c(O)c2c1. The number of carbonyl (C=O) groups is 2. The molecule has 0 radical (unpaired) electrons. The highest BCUT2D eigenvalue weighted by atomic mass is 16.5. The fraction of sp³-hybridized carbons (Fsp3) is 0.125. The number of aryl methyl sites for hydroxylation is 1. The van der Waals surface area contributed by atoms with Gasteiger partial charge >= 0.3 is 0 Å². The van der Waals surface area contributed by atoms with E-state index in [2.05, 4.69) is 30.4 Å². The standard InChI is InChI=1S/C16H14N4O3.C16H14N4O2/c1-20(13-5-3-4-8-17-13)16(22)14-15(21)11-9-10(23-2)6-7-12(11)18-19-14;1-10-6-7-12-11(9-10)15(21)14(19-18-12)16(22)20(2)13-5-3-4-8-17-13/h3-9H,1-2H3,(H,18,21);3-9H,1-2H3,(H,18,21). The van der Waals surface area contributed by atoms with Crippen LogP contribution >= 0.6 is 0 Å². The number of nitrogens with zero attached hydrogens (tertiary/aromatic N) is 8. The van der Waals surface area contributed by atoms with E-state index in [1.165, 1.54) is 16.9 Å². The zero-order valence-electron chi connectivity index (χ0n) is 24.8. The first-order valence-electron chi connectivity index (χ1n) is 13.6. The molecule has 13 nitrogen and oxygen atoms in total. The van der Waals surface area contributed by atoms with Gasteiger partial charge in [0.05, 0.1) is 23.5 Å². The summed E-state index contributed by atoms with van der Waals surface area (Å²) in [6.45, 7) is 1.90. The number of fused-ring (bicyclic) bond motifs is 2. The Kier molecular flexibility index (Phi) is 8.70. The van der Waals surface area contributed by atoms with Crippen LogP contribution in [0.2, 0.25) is 0 Å². The smallest absolute Gasteiger partial charge is 0.283 e. The van der Waals surface area contributed by atoms with Crippen LogP contribution in [0.25, 0.3) is 21.8 Å². The average Bonchev–Trinajstić information content (AvgIpc) is 3.08. The molecule has 0 saturated carbocycles. The van der Waals surface area contributed by atoms with Crippen LogP contribution in [0.1, 0.15) is 26.5 Å². The fourth-order valence-corrected chi connectivity index (χ4v) is 4.32. The zero-order chi connectivity index (χ0) is 32.1. The van der Waals surface area contributed by atoms with E-state index >= 15 is 0 Å². The highest BCUT2D eigenvalue weighted by molar-refractivity contribution is 6.09. The van der Waals surface area contributed by atoms with Gasteiger partial charge in [0.2, 0.25) is 0 Å². The molecule has 226 valence electrons. The summed E-state index contributed by atoms with van der Waals surface area (Å²) in [5, 5.41) is 37.4. The van der Waals surface area contributed by atoms with Crippen LogP contribution in [-0.2, 0) is 0 Å². The van der Waals surface area contributed by atoms with E-state index in [1.54, 1.807) is 93.2 Å². The van der Waals surface area contributed by atoms with Crippen LogP contribution in [0.3, 0.4) is 0 Å². The second-order valence-electron chi connectivity index (χ2n) is 9.80. The van der Waals surface area contributed by atoms with Crippen molar-refractivity contribution in [1.82, 2.24) is 30.4 Å². The van der Waals surface area contributed by atoms with E-state index in [4.69, 9.17) is 4.74 Å². The maximum atomic E-state index is 12.6. The quantitative estimate of drug-likeness (QED) is 0.287. The van der Waals surface area contributed by atoms with Crippen LogP contribution in [0.15, 0.2) is 85.2 Å². The molecule has 0 aliphatic heterocycles. The minimum Gasteiger partial charge on any atom is -0.505 e. The topological polar surface area (TPSA) is 168 Å². The molecule has 0 saturated heterocycles. The summed E-state index contributed by atoms with van der Waals surface area (Å²) < 4.78 is 5.13. The second-order valence-corrected chi connectivity index (χ2v) is 9.80. The number of aromatic nitrogens is 6. The lowest BCUT2D eigenvalue weighted by Crippen LogP contribution is -2.28. The van der Waals surface area contributed by atoms with Crippen LogP contribution in [0.5, 0.6) is 17.2 Å². The monoisotopic (exact) mass is 604 g/mol. The third-order valence-electron chi connectivity index (χ3n) is 6.83. The molecular formula is C32H28N8O5. The molecule has 2 amide bonds. The van der Waals surface area contributed by atoms with Crippen LogP contribution in [0.4, 0.5) is 11.6 Å². The number of rotatable bonds is 5. The van der Waals surface area contributed by atoms with Gasteiger partial charge < -0.3 is 14.9 Å². The van der Waals surface area contributed by atoms with Gasteiger partial charge in [-0.25, -0.2) is 9.97 Å². The number of ether oxygens (including phenoxy) is 1. The van der Waals surface area contributed by atoms with Gasteiger partial charge in [-0.2, -0.15) is 0 Å². The van der Waals surface area contributed by atoms with Gasteiger partial charge in [0.25, 0.3) is 11.8 Å². The molecule has 0 unspecified atom stereocenters. The number of anilines is 2. The normalized spacial score (nSPS) is 10.6. The van der Waals surface area contributed by atoms with Crippen LogP contribution in [0, 0.1) is 6.92 Å². The molecule has 0 aliphatic rings. The van der Waals surface area contributed by atoms with Crippen molar-refractivity contribution in [3.8, 4) is 17.2 Å².